The number of aromatic nitrogens is 1. The Hall–Kier alpha value is -1.72. The van der Waals surface area contributed by atoms with Crippen LogP contribution in [-0.4, -0.2) is 67.8 Å². The van der Waals surface area contributed by atoms with Crippen molar-refractivity contribution in [3.05, 3.63) is 42.0 Å². The maximum atomic E-state index is 13.0. The molecule has 2 N–H and O–H groups in total. The van der Waals surface area contributed by atoms with Crippen LogP contribution in [-0.2, 0) is 11.2 Å². The maximum Gasteiger partial charge on any atom is 0.226 e. The summed E-state index contributed by atoms with van der Waals surface area (Å²) in [6.07, 6.45) is 2.33. The van der Waals surface area contributed by atoms with Gasteiger partial charge in [0.25, 0.3) is 0 Å². The van der Waals surface area contributed by atoms with Crippen LogP contribution in [0.2, 0.25) is 0 Å². The summed E-state index contributed by atoms with van der Waals surface area (Å²) in [7, 11) is 1.76. The number of oxazole rings is 1. The number of guanidine groups is 1. The zero-order valence-electron chi connectivity index (χ0n) is 17.8. The molecule has 1 fully saturated rings. The Balaban J connectivity index is 0.00000320. The van der Waals surface area contributed by atoms with Crippen molar-refractivity contribution in [2.24, 2.45) is 4.99 Å². The van der Waals surface area contributed by atoms with Gasteiger partial charge in [0.1, 0.15) is 12.1 Å². The Morgan fingerprint density at radius 3 is 2.57 bits per heavy atom. The molecule has 0 spiro atoms. The third-order valence-corrected chi connectivity index (χ3v) is 5.10. The van der Waals surface area contributed by atoms with Gasteiger partial charge in [0.15, 0.2) is 5.96 Å². The summed E-state index contributed by atoms with van der Waals surface area (Å²) in [5, 5.41) is 6.72. The van der Waals surface area contributed by atoms with Crippen molar-refractivity contribution in [2.45, 2.75) is 25.8 Å². The summed E-state index contributed by atoms with van der Waals surface area (Å²) in [5.74, 6) is 0.976. The van der Waals surface area contributed by atoms with Crippen LogP contribution in [0, 0.1) is 5.82 Å². The van der Waals surface area contributed by atoms with Crippen molar-refractivity contribution in [1.82, 2.24) is 20.5 Å². The topological polar surface area (TPSA) is 74.9 Å². The molecule has 2 heterocycles. The van der Waals surface area contributed by atoms with Crippen LogP contribution >= 0.6 is 24.0 Å². The van der Waals surface area contributed by atoms with Gasteiger partial charge in [-0.2, -0.15) is 0 Å². The van der Waals surface area contributed by atoms with E-state index in [1.54, 1.807) is 25.4 Å². The fraction of sp³-hybridized carbons (Fsp3) is 0.524. The average Bonchev–Trinajstić information content (AvgIpc) is 3.20. The van der Waals surface area contributed by atoms with E-state index < -0.39 is 0 Å². The van der Waals surface area contributed by atoms with Crippen LogP contribution in [0.4, 0.5) is 4.39 Å². The number of hydrogen-bond donors (Lipinski definition) is 2. The number of nitrogens with zero attached hydrogens (tertiary/aromatic N) is 3. The number of ether oxygens (including phenoxy) is 1. The summed E-state index contributed by atoms with van der Waals surface area (Å²) in [6.45, 7) is 9.38. The van der Waals surface area contributed by atoms with E-state index in [0.29, 0.717) is 18.9 Å². The van der Waals surface area contributed by atoms with E-state index in [4.69, 9.17) is 9.15 Å². The third kappa shape index (κ3) is 6.92. The molecular weight excluding hydrogens is 500 g/mol. The summed E-state index contributed by atoms with van der Waals surface area (Å²) < 4.78 is 24.0. The van der Waals surface area contributed by atoms with Crippen molar-refractivity contribution in [1.29, 1.82) is 0 Å². The molecule has 166 valence electrons. The van der Waals surface area contributed by atoms with Crippen molar-refractivity contribution in [3.63, 3.8) is 0 Å². The lowest BCUT2D eigenvalue weighted by molar-refractivity contribution is -0.00833. The predicted molar refractivity (Wildman–Crippen MR) is 127 cm³/mol. The molecule has 1 aliphatic rings. The van der Waals surface area contributed by atoms with E-state index in [1.165, 1.54) is 12.1 Å². The highest BCUT2D eigenvalue weighted by Crippen LogP contribution is 2.19. The molecule has 1 aliphatic heterocycles. The van der Waals surface area contributed by atoms with E-state index in [-0.39, 0.29) is 35.3 Å². The van der Waals surface area contributed by atoms with Gasteiger partial charge >= 0.3 is 0 Å². The van der Waals surface area contributed by atoms with E-state index in [2.05, 4.69) is 39.4 Å². The fourth-order valence-corrected chi connectivity index (χ4v) is 3.26. The van der Waals surface area contributed by atoms with Gasteiger partial charge in [0, 0.05) is 50.7 Å². The molecule has 0 bridgehead atoms. The molecule has 2 aromatic rings. The average molecular weight is 531 g/mol. The largest absolute Gasteiger partial charge is 0.444 e. The van der Waals surface area contributed by atoms with Crippen LogP contribution in [0.25, 0.3) is 11.5 Å². The zero-order valence-corrected chi connectivity index (χ0v) is 20.1. The van der Waals surface area contributed by atoms with E-state index >= 15 is 0 Å². The molecule has 30 heavy (non-hydrogen) atoms. The van der Waals surface area contributed by atoms with Crippen molar-refractivity contribution in [2.75, 3.05) is 46.4 Å². The number of rotatable bonds is 7. The molecule has 0 saturated carbocycles. The van der Waals surface area contributed by atoms with Gasteiger partial charge in [-0.25, -0.2) is 9.37 Å². The van der Waals surface area contributed by atoms with E-state index in [9.17, 15) is 4.39 Å². The molecule has 0 atom stereocenters. The van der Waals surface area contributed by atoms with Crippen LogP contribution in [0.15, 0.2) is 39.9 Å². The molecule has 0 amide bonds. The molecule has 0 aliphatic carbocycles. The lowest BCUT2D eigenvalue weighted by atomic mass is 10.0. The minimum atomic E-state index is -0.277. The van der Waals surface area contributed by atoms with Crippen LogP contribution < -0.4 is 10.6 Å². The third-order valence-electron chi connectivity index (χ3n) is 5.10. The Kier molecular flexibility index (Phi) is 9.50. The van der Waals surface area contributed by atoms with Crippen molar-refractivity contribution < 1.29 is 13.5 Å². The molecule has 1 saturated heterocycles. The van der Waals surface area contributed by atoms with Crippen LogP contribution in [0.1, 0.15) is 19.5 Å². The smallest absolute Gasteiger partial charge is 0.226 e. The summed E-state index contributed by atoms with van der Waals surface area (Å²) in [5.41, 5.74) is 1.60. The number of nitrogens with one attached hydrogen (secondary N) is 2. The molecule has 7 nitrogen and oxygen atoms in total. The highest BCUT2D eigenvalue weighted by atomic mass is 127. The second-order valence-corrected chi connectivity index (χ2v) is 7.67. The number of morpholine rings is 1. The molecule has 0 radical (unpaired) electrons. The van der Waals surface area contributed by atoms with Gasteiger partial charge < -0.3 is 19.8 Å². The monoisotopic (exact) mass is 531 g/mol. The SMILES string of the molecule is CN=C(NCCc1coc(-c2ccc(F)cc2)n1)NCC(C)(C)N1CCOCC1.I. The number of hydrogen-bond acceptors (Lipinski definition) is 5. The van der Waals surface area contributed by atoms with E-state index in [0.717, 1.165) is 50.1 Å². The highest BCUT2D eigenvalue weighted by molar-refractivity contribution is 14.0. The minimum absolute atomic E-state index is 0. The summed E-state index contributed by atoms with van der Waals surface area (Å²) in [4.78, 5) is 11.2. The molecule has 1 aromatic carbocycles. The number of halogens is 2. The fourth-order valence-electron chi connectivity index (χ4n) is 3.26. The van der Waals surface area contributed by atoms with Gasteiger partial charge in [-0.3, -0.25) is 9.89 Å². The van der Waals surface area contributed by atoms with Gasteiger partial charge in [0.2, 0.25) is 5.89 Å². The first-order valence-corrected chi connectivity index (χ1v) is 9.95. The van der Waals surface area contributed by atoms with Crippen molar-refractivity contribution >= 4 is 29.9 Å². The Bertz CT molecular complexity index is 804. The Morgan fingerprint density at radius 2 is 1.90 bits per heavy atom. The standard InChI is InChI=1S/C21H30FN5O2.HI/c1-21(2,27-10-12-28-13-11-27)15-25-20(23-3)24-9-8-18-14-29-19(26-18)16-4-6-17(22)7-5-16;/h4-7,14H,8-13,15H2,1-3H3,(H2,23,24,25);1H. The second-order valence-electron chi connectivity index (χ2n) is 7.67. The Labute approximate surface area is 194 Å². The van der Waals surface area contributed by atoms with E-state index in [1.807, 2.05) is 0 Å². The predicted octanol–water partition coefficient (Wildman–Crippen LogP) is 2.92. The summed E-state index contributed by atoms with van der Waals surface area (Å²) >= 11 is 0. The Morgan fingerprint density at radius 1 is 1.20 bits per heavy atom. The first kappa shape index (κ1) is 24.5. The molecule has 1 aromatic heterocycles. The molecule has 9 heteroatoms. The quantitative estimate of drug-likeness (QED) is 0.325. The molecule has 0 unspecified atom stereocenters. The minimum Gasteiger partial charge on any atom is -0.444 e. The summed E-state index contributed by atoms with van der Waals surface area (Å²) in [6, 6.07) is 6.11. The number of aliphatic imine (C=N–C) groups is 1. The van der Waals surface area contributed by atoms with Gasteiger partial charge in [-0.15, -0.1) is 24.0 Å². The molecule has 3 rings (SSSR count). The lowest BCUT2D eigenvalue weighted by Crippen LogP contribution is -2.56. The van der Waals surface area contributed by atoms with Gasteiger partial charge in [0.05, 0.1) is 18.9 Å². The zero-order chi connectivity index (χ0) is 20.7. The lowest BCUT2D eigenvalue weighted by Gasteiger charge is -2.41. The van der Waals surface area contributed by atoms with Crippen LogP contribution in [0.3, 0.4) is 0 Å². The van der Waals surface area contributed by atoms with Gasteiger partial charge in [-0.05, 0) is 38.1 Å². The van der Waals surface area contributed by atoms with Crippen LogP contribution in [0.5, 0.6) is 0 Å². The molecular formula is C21H31FIN5O2. The highest BCUT2D eigenvalue weighted by Gasteiger charge is 2.28. The number of benzene rings is 1. The second kappa shape index (κ2) is 11.6. The maximum absolute atomic E-state index is 13.0. The first-order chi connectivity index (χ1) is 14.0. The normalized spacial score (nSPS) is 15.5. The van der Waals surface area contributed by atoms with Gasteiger partial charge in [-0.1, -0.05) is 0 Å². The first-order valence-electron chi connectivity index (χ1n) is 9.95. The van der Waals surface area contributed by atoms with Crippen molar-refractivity contribution in [3.8, 4) is 11.5 Å².